The van der Waals surface area contributed by atoms with Crippen molar-refractivity contribution in [3.05, 3.63) is 11.6 Å². The molecule has 0 aliphatic carbocycles. The number of nitrogens with one attached hydrogen (secondary N) is 1. The van der Waals surface area contributed by atoms with Crippen LogP contribution in [0.15, 0.2) is 11.6 Å². The highest BCUT2D eigenvalue weighted by atomic mass is 16.1. The summed E-state index contributed by atoms with van der Waals surface area (Å²) in [6, 6.07) is 0.233. The van der Waals surface area contributed by atoms with Crippen LogP contribution in [0.5, 0.6) is 0 Å². The van der Waals surface area contributed by atoms with Gasteiger partial charge in [0.15, 0.2) is 0 Å². The molecule has 0 bridgehead atoms. The summed E-state index contributed by atoms with van der Waals surface area (Å²) in [5, 5.41) is 3.25. The van der Waals surface area contributed by atoms with E-state index in [2.05, 4.69) is 10.2 Å². The molecule has 1 atom stereocenters. The van der Waals surface area contributed by atoms with E-state index in [0.717, 1.165) is 31.8 Å². The highest BCUT2D eigenvalue weighted by Gasteiger charge is 2.31. The third kappa shape index (κ3) is 1.13. The van der Waals surface area contributed by atoms with Crippen LogP contribution in [-0.2, 0) is 4.79 Å². The van der Waals surface area contributed by atoms with Crippen molar-refractivity contribution in [2.45, 2.75) is 6.04 Å². The lowest BCUT2D eigenvalue weighted by Crippen LogP contribution is -2.50. The zero-order valence-corrected chi connectivity index (χ0v) is 6.92. The highest BCUT2D eigenvalue weighted by molar-refractivity contribution is 5.93. The first-order valence-electron chi connectivity index (χ1n) is 4.23. The van der Waals surface area contributed by atoms with E-state index >= 15 is 0 Å². The first kappa shape index (κ1) is 7.76. The minimum absolute atomic E-state index is 0.233. The fourth-order valence-electron chi connectivity index (χ4n) is 1.89. The van der Waals surface area contributed by atoms with Crippen molar-refractivity contribution in [2.24, 2.45) is 5.73 Å². The average molecular weight is 167 g/mol. The maximum absolute atomic E-state index is 11.0. The number of fused-ring (bicyclic) bond motifs is 1. The molecule has 4 nitrogen and oxygen atoms in total. The molecule has 0 aromatic carbocycles. The van der Waals surface area contributed by atoms with Crippen LogP contribution in [0, 0.1) is 0 Å². The van der Waals surface area contributed by atoms with Crippen LogP contribution in [0.25, 0.3) is 0 Å². The number of carbonyl (C=O) groups excluding carboxylic acids is 1. The van der Waals surface area contributed by atoms with Crippen LogP contribution in [0.4, 0.5) is 0 Å². The normalized spacial score (nSPS) is 29.7. The van der Waals surface area contributed by atoms with Gasteiger partial charge in [0.2, 0.25) is 5.91 Å². The Morgan fingerprint density at radius 2 is 2.58 bits per heavy atom. The van der Waals surface area contributed by atoms with Gasteiger partial charge < -0.3 is 11.1 Å². The molecule has 1 unspecified atom stereocenters. The molecule has 0 spiro atoms. The standard InChI is InChI=1S/C8H13N3O/c9-8(12)6-1-3-11-4-2-10-5-7(6)11/h1,7,10H,2-5H2,(H2,9,12). The number of piperazine rings is 1. The van der Waals surface area contributed by atoms with E-state index in [1.807, 2.05) is 6.08 Å². The van der Waals surface area contributed by atoms with Crippen LogP contribution in [0.3, 0.4) is 0 Å². The SMILES string of the molecule is NC(=O)C1=CCN2CCNCC12. The Labute approximate surface area is 71.4 Å². The lowest BCUT2D eigenvalue weighted by Gasteiger charge is -2.31. The molecular weight excluding hydrogens is 154 g/mol. The smallest absolute Gasteiger partial charge is 0.246 e. The molecule has 1 saturated heterocycles. The maximum Gasteiger partial charge on any atom is 0.246 e. The van der Waals surface area contributed by atoms with Gasteiger partial charge in [-0.3, -0.25) is 9.69 Å². The van der Waals surface area contributed by atoms with Gasteiger partial charge in [-0.2, -0.15) is 0 Å². The number of nitrogens with zero attached hydrogens (tertiary/aromatic N) is 1. The number of primary amides is 1. The van der Waals surface area contributed by atoms with E-state index in [1.54, 1.807) is 0 Å². The summed E-state index contributed by atoms with van der Waals surface area (Å²) >= 11 is 0. The summed E-state index contributed by atoms with van der Waals surface area (Å²) in [4.78, 5) is 13.2. The molecule has 2 aliphatic rings. The summed E-state index contributed by atoms with van der Waals surface area (Å²) in [6.07, 6.45) is 1.94. The fraction of sp³-hybridized carbons (Fsp3) is 0.625. The topological polar surface area (TPSA) is 58.4 Å². The quantitative estimate of drug-likeness (QED) is 0.509. The number of amides is 1. The summed E-state index contributed by atoms with van der Waals surface area (Å²) in [5.74, 6) is -0.272. The Kier molecular flexibility index (Phi) is 1.86. The monoisotopic (exact) mass is 167 g/mol. The summed E-state index contributed by atoms with van der Waals surface area (Å²) in [5.41, 5.74) is 6.02. The Morgan fingerprint density at radius 1 is 1.75 bits per heavy atom. The van der Waals surface area contributed by atoms with Crippen LogP contribution in [0.2, 0.25) is 0 Å². The minimum atomic E-state index is -0.272. The number of hydrogen-bond donors (Lipinski definition) is 2. The van der Waals surface area contributed by atoms with Gasteiger partial charge in [0.25, 0.3) is 0 Å². The van der Waals surface area contributed by atoms with Crippen molar-refractivity contribution >= 4 is 5.91 Å². The lowest BCUT2D eigenvalue weighted by atomic mass is 10.1. The second-order valence-corrected chi connectivity index (χ2v) is 3.24. The van der Waals surface area contributed by atoms with E-state index in [0.29, 0.717) is 0 Å². The summed E-state index contributed by atoms with van der Waals surface area (Å²) in [6.45, 7) is 3.76. The van der Waals surface area contributed by atoms with Gasteiger partial charge in [-0.15, -0.1) is 0 Å². The molecule has 0 aromatic rings. The molecule has 0 aromatic heterocycles. The molecular formula is C8H13N3O. The van der Waals surface area contributed by atoms with Gasteiger partial charge in [0, 0.05) is 31.8 Å². The largest absolute Gasteiger partial charge is 0.366 e. The average Bonchev–Trinajstić information content (AvgIpc) is 2.47. The second-order valence-electron chi connectivity index (χ2n) is 3.24. The van der Waals surface area contributed by atoms with E-state index in [1.165, 1.54) is 0 Å². The Hall–Kier alpha value is -0.870. The second kappa shape index (κ2) is 2.88. The van der Waals surface area contributed by atoms with Gasteiger partial charge in [-0.25, -0.2) is 0 Å². The van der Waals surface area contributed by atoms with Gasteiger partial charge in [0.05, 0.1) is 6.04 Å². The first-order valence-corrected chi connectivity index (χ1v) is 4.23. The Balaban J connectivity index is 2.13. The summed E-state index contributed by atoms with van der Waals surface area (Å²) in [7, 11) is 0. The van der Waals surface area contributed by atoms with Gasteiger partial charge in [-0.1, -0.05) is 6.08 Å². The molecule has 12 heavy (non-hydrogen) atoms. The molecule has 0 saturated carbocycles. The Morgan fingerprint density at radius 3 is 3.33 bits per heavy atom. The first-order chi connectivity index (χ1) is 5.79. The molecule has 1 amide bonds. The number of rotatable bonds is 1. The van der Waals surface area contributed by atoms with Crippen LogP contribution >= 0.6 is 0 Å². The summed E-state index contributed by atoms with van der Waals surface area (Å²) < 4.78 is 0. The van der Waals surface area contributed by atoms with Crippen molar-refractivity contribution < 1.29 is 4.79 Å². The fourth-order valence-corrected chi connectivity index (χ4v) is 1.89. The van der Waals surface area contributed by atoms with Crippen LogP contribution in [-0.4, -0.2) is 43.0 Å². The van der Waals surface area contributed by atoms with E-state index in [9.17, 15) is 4.79 Å². The van der Waals surface area contributed by atoms with Crippen molar-refractivity contribution in [1.29, 1.82) is 0 Å². The molecule has 2 aliphatic heterocycles. The molecule has 2 heterocycles. The minimum Gasteiger partial charge on any atom is -0.366 e. The molecule has 4 heteroatoms. The van der Waals surface area contributed by atoms with Crippen LogP contribution in [0.1, 0.15) is 0 Å². The number of carbonyl (C=O) groups is 1. The third-order valence-corrected chi connectivity index (χ3v) is 2.54. The van der Waals surface area contributed by atoms with Gasteiger partial charge in [0.1, 0.15) is 0 Å². The van der Waals surface area contributed by atoms with Gasteiger partial charge >= 0.3 is 0 Å². The van der Waals surface area contributed by atoms with Crippen LogP contribution < -0.4 is 11.1 Å². The zero-order chi connectivity index (χ0) is 8.55. The van der Waals surface area contributed by atoms with Gasteiger partial charge in [-0.05, 0) is 0 Å². The van der Waals surface area contributed by atoms with E-state index < -0.39 is 0 Å². The molecule has 1 fully saturated rings. The van der Waals surface area contributed by atoms with Crippen molar-refractivity contribution in [1.82, 2.24) is 10.2 Å². The Bertz CT molecular complexity index is 236. The van der Waals surface area contributed by atoms with Crippen molar-refractivity contribution in [3.8, 4) is 0 Å². The highest BCUT2D eigenvalue weighted by Crippen LogP contribution is 2.18. The molecule has 0 radical (unpaired) electrons. The predicted octanol–water partition coefficient (Wildman–Crippen LogP) is -1.31. The molecule has 2 rings (SSSR count). The number of hydrogen-bond acceptors (Lipinski definition) is 3. The lowest BCUT2D eigenvalue weighted by molar-refractivity contribution is -0.115. The number of nitrogens with two attached hydrogens (primary N) is 1. The van der Waals surface area contributed by atoms with Crippen molar-refractivity contribution in [3.63, 3.8) is 0 Å². The zero-order valence-electron chi connectivity index (χ0n) is 6.92. The predicted molar refractivity (Wildman–Crippen MR) is 45.5 cm³/mol. The molecule has 3 N–H and O–H groups in total. The molecule has 66 valence electrons. The third-order valence-electron chi connectivity index (χ3n) is 2.54. The van der Waals surface area contributed by atoms with Crippen molar-refractivity contribution in [2.75, 3.05) is 26.2 Å². The van der Waals surface area contributed by atoms with E-state index in [4.69, 9.17) is 5.73 Å². The van der Waals surface area contributed by atoms with E-state index in [-0.39, 0.29) is 11.9 Å². The maximum atomic E-state index is 11.0.